The summed E-state index contributed by atoms with van der Waals surface area (Å²) in [4.78, 5) is 14.1. The summed E-state index contributed by atoms with van der Waals surface area (Å²) in [5.74, 6) is -0.0118. The molecular weight excluding hydrogens is 242 g/mol. The standard InChI is InChI=1S/C15H21NO3/c1-12-7-8-14(19-12)15(18)16(9-10-17)11-13-5-3-2-4-6-13/h2-6,12,14,17H,7-11H2,1H3. The molecule has 1 aliphatic heterocycles. The highest BCUT2D eigenvalue weighted by Crippen LogP contribution is 2.21. The van der Waals surface area contributed by atoms with Crippen molar-refractivity contribution in [3.05, 3.63) is 35.9 Å². The summed E-state index contributed by atoms with van der Waals surface area (Å²) in [5.41, 5.74) is 1.07. The second kappa shape index (κ2) is 6.68. The highest BCUT2D eigenvalue weighted by molar-refractivity contribution is 5.81. The Morgan fingerprint density at radius 1 is 1.37 bits per heavy atom. The van der Waals surface area contributed by atoms with Crippen LogP contribution in [0.1, 0.15) is 25.3 Å². The van der Waals surface area contributed by atoms with Crippen molar-refractivity contribution in [1.82, 2.24) is 4.90 Å². The van der Waals surface area contributed by atoms with Gasteiger partial charge in [-0.15, -0.1) is 0 Å². The molecule has 1 N–H and O–H groups in total. The van der Waals surface area contributed by atoms with Crippen molar-refractivity contribution in [1.29, 1.82) is 0 Å². The van der Waals surface area contributed by atoms with Gasteiger partial charge in [-0.1, -0.05) is 30.3 Å². The molecule has 0 bridgehead atoms. The Kier molecular flexibility index (Phi) is 4.93. The topological polar surface area (TPSA) is 49.8 Å². The van der Waals surface area contributed by atoms with Gasteiger partial charge in [0.2, 0.25) is 0 Å². The number of carbonyl (C=O) groups excluding carboxylic acids is 1. The highest BCUT2D eigenvalue weighted by atomic mass is 16.5. The Bertz CT molecular complexity index is 407. The molecule has 0 spiro atoms. The quantitative estimate of drug-likeness (QED) is 0.877. The Hall–Kier alpha value is -1.39. The lowest BCUT2D eigenvalue weighted by atomic mass is 10.1. The fraction of sp³-hybridized carbons (Fsp3) is 0.533. The minimum Gasteiger partial charge on any atom is -0.395 e. The molecule has 1 amide bonds. The predicted octanol–water partition coefficient (Wildman–Crippen LogP) is 1.57. The van der Waals surface area contributed by atoms with Crippen LogP contribution in [0.2, 0.25) is 0 Å². The Morgan fingerprint density at radius 2 is 2.11 bits per heavy atom. The van der Waals surface area contributed by atoms with Gasteiger partial charge >= 0.3 is 0 Å². The average Bonchev–Trinajstić information content (AvgIpc) is 2.85. The summed E-state index contributed by atoms with van der Waals surface area (Å²) in [6.45, 7) is 2.83. The summed E-state index contributed by atoms with van der Waals surface area (Å²) < 4.78 is 5.62. The minimum atomic E-state index is -0.342. The molecule has 0 aromatic heterocycles. The first-order valence-corrected chi connectivity index (χ1v) is 6.79. The Morgan fingerprint density at radius 3 is 2.68 bits per heavy atom. The zero-order valence-corrected chi connectivity index (χ0v) is 11.3. The molecule has 1 aromatic carbocycles. The summed E-state index contributed by atoms with van der Waals surface area (Å²) in [5, 5.41) is 9.12. The molecule has 104 valence electrons. The summed E-state index contributed by atoms with van der Waals surface area (Å²) >= 11 is 0. The van der Waals surface area contributed by atoms with Gasteiger partial charge in [-0.2, -0.15) is 0 Å². The smallest absolute Gasteiger partial charge is 0.252 e. The van der Waals surface area contributed by atoms with Crippen LogP contribution in [0, 0.1) is 0 Å². The molecule has 1 fully saturated rings. The maximum atomic E-state index is 12.4. The summed E-state index contributed by atoms with van der Waals surface area (Å²) in [6, 6.07) is 9.81. The van der Waals surface area contributed by atoms with Crippen LogP contribution in [0.15, 0.2) is 30.3 Å². The monoisotopic (exact) mass is 263 g/mol. The zero-order valence-electron chi connectivity index (χ0n) is 11.3. The van der Waals surface area contributed by atoms with Crippen molar-refractivity contribution in [3.8, 4) is 0 Å². The Labute approximate surface area is 114 Å². The number of amides is 1. The van der Waals surface area contributed by atoms with Gasteiger partial charge in [0.25, 0.3) is 5.91 Å². The average molecular weight is 263 g/mol. The molecule has 1 heterocycles. The summed E-state index contributed by atoms with van der Waals surface area (Å²) in [7, 11) is 0. The van der Waals surface area contributed by atoms with E-state index in [4.69, 9.17) is 9.84 Å². The zero-order chi connectivity index (χ0) is 13.7. The van der Waals surface area contributed by atoms with Crippen LogP contribution < -0.4 is 0 Å². The van der Waals surface area contributed by atoms with E-state index in [2.05, 4.69) is 0 Å². The van der Waals surface area contributed by atoms with Crippen LogP contribution in [0.5, 0.6) is 0 Å². The van der Waals surface area contributed by atoms with Gasteiger partial charge in [-0.3, -0.25) is 4.79 Å². The lowest BCUT2D eigenvalue weighted by Crippen LogP contribution is -2.40. The highest BCUT2D eigenvalue weighted by Gasteiger charge is 2.31. The SMILES string of the molecule is CC1CCC(C(=O)N(CCO)Cc2ccccc2)O1. The molecule has 4 heteroatoms. The van der Waals surface area contributed by atoms with E-state index < -0.39 is 0 Å². The van der Waals surface area contributed by atoms with Crippen LogP contribution in [0.4, 0.5) is 0 Å². The number of hydrogen-bond acceptors (Lipinski definition) is 3. The molecule has 0 radical (unpaired) electrons. The maximum Gasteiger partial charge on any atom is 0.252 e. The first-order valence-electron chi connectivity index (χ1n) is 6.79. The molecule has 0 aliphatic carbocycles. The van der Waals surface area contributed by atoms with Crippen molar-refractivity contribution in [2.24, 2.45) is 0 Å². The maximum absolute atomic E-state index is 12.4. The number of aliphatic hydroxyl groups is 1. The molecule has 0 saturated carbocycles. The second-order valence-corrected chi connectivity index (χ2v) is 4.98. The first-order chi connectivity index (χ1) is 9.20. The van der Waals surface area contributed by atoms with E-state index in [1.807, 2.05) is 37.3 Å². The molecule has 1 saturated heterocycles. The third-order valence-electron chi connectivity index (χ3n) is 3.41. The molecule has 1 aromatic rings. The van der Waals surface area contributed by atoms with Gasteiger partial charge in [0, 0.05) is 13.1 Å². The molecule has 1 aliphatic rings. The molecule has 2 unspecified atom stereocenters. The van der Waals surface area contributed by atoms with Gasteiger partial charge in [0.1, 0.15) is 6.10 Å². The number of benzene rings is 1. The van der Waals surface area contributed by atoms with E-state index in [0.29, 0.717) is 13.1 Å². The normalized spacial score (nSPS) is 22.4. The van der Waals surface area contributed by atoms with Crippen LogP contribution >= 0.6 is 0 Å². The van der Waals surface area contributed by atoms with E-state index in [-0.39, 0.29) is 24.7 Å². The number of ether oxygens (including phenoxy) is 1. The van der Waals surface area contributed by atoms with E-state index >= 15 is 0 Å². The van der Waals surface area contributed by atoms with Crippen molar-refractivity contribution < 1.29 is 14.6 Å². The van der Waals surface area contributed by atoms with Gasteiger partial charge < -0.3 is 14.7 Å². The summed E-state index contributed by atoms with van der Waals surface area (Å²) in [6.07, 6.45) is 1.51. The minimum absolute atomic E-state index is 0.0118. The van der Waals surface area contributed by atoms with Crippen LogP contribution in [0.25, 0.3) is 0 Å². The van der Waals surface area contributed by atoms with Crippen LogP contribution in [-0.4, -0.2) is 41.3 Å². The van der Waals surface area contributed by atoms with E-state index in [1.54, 1.807) is 4.90 Å². The second-order valence-electron chi connectivity index (χ2n) is 4.98. The lowest BCUT2D eigenvalue weighted by Gasteiger charge is -2.25. The van der Waals surface area contributed by atoms with Gasteiger partial charge in [-0.05, 0) is 25.3 Å². The van der Waals surface area contributed by atoms with Crippen molar-refractivity contribution in [3.63, 3.8) is 0 Å². The fourth-order valence-electron chi connectivity index (χ4n) is 2.38. The van der Waals surface area contributed by atoms with Crippen molar-refractivity contribution in [2.45, 2.75) is 38.5 Å². The fourth-order valence-corrected chi connectivity index (χ4v) is 2.38. The van der Waals surface area contributed by atoms with Crippen LogP contribution in [-0.2, 0) is 16.1 Å². The van der Waals surface area contributed by atoms with E-state index in [9.17, 15) is 4.79 Å². The van der Waals surface area contributed by atoms with Gasteiger partial charge in [-0.25, -0.2) is 0 Å². The van der Waals surface area contributed by atoms with E-state index in [0.717, 1.165) is 18.4 Å². The number of aliphatic hydroxyl groups excluding tert-OH is 1. The van der Waals surface area contributed by atoms with Gasteiger partial charge in [0.15, 0.2) is 0 Å². The number of nitrogens with zero attached hydrogens (tertiary/aromatic N) is 1. The largest absolute Gasteiger partial charge is 0.395 e. The van der Waals surface area contributed by atoms with E-state index in [1.165, 1.54) is 0 Å². The third-order valence-corrected chi connectivity index (χ3v) is 3.41. The molecule has 19 heavy (non-hydrogen) atoms. The number of carbonyl (C=O) groups is 1. The third kappa shape index (κ3) is 3.78. The molecule has 2 atom stereocenters. The lowest BCUT2D eigenvalue weighted by molar-refractivity contribution is -0.143. The predicted molar refractivity (Wildman–Crippen MR) is 72.5 cm³/mol. The number of rotatable bonds is 5. The van der Waals surface area contributed by atoms with Gasteiger partial charge in [0.05, 0.1) is 12.7 Å². The van der Waals surface area contributed by atoms with Crippen LogP contribution in [0.3, 0.4) is 0 Å². The Balaban J connectivity index is 2.01. The molecular formula is C15H21NO3. The van der Waals surface area contributed by atoms with Crippen molar-refractivity contribution in [2.75, 3.05) is 13.2 Å². The molecule has 2 rings (SSSR count). The number of hydrogen-bond donors (Lipinski definition) is 1. The van der Waals surface area contributed by atoms with Crippen molar-refractivity contribution >= 4 is 5.91 Å². The first kappa shape index (κ1) is 14.0. The molecule has 4 nitrogen and oxygen atoms in total.